The number of hydrogen-bond donors (Lipinski definition) is 2. The van der Waals surface area contributed by atoms with Crippen molar-refractivity contribution in [2.24, 2.45) is 0 Å². The van der Waals surface area contributed by atoms with Crippen molar-refractivity contribution in [3.05, 3.63) is 0 Å². The van der Waals surface area contributed by atoms with Crippen molar-refractivity contribution in [2.75, 3.05) is 6.61 Å². The van der Waals surface area contributed by atoms with Crippen LogP contribution in [0.1, 0.15) is 135 Å². The Morgan fingerprint density at radius 2 is 0.724 bits per heavy atom. The summed E-state index contributed by atoms with van der Waals surface area (Å²) in [5.41, 5.74) is 0. The predicted octanol–water partition coefficient (Wildman–Crippen LogP) is 7.96. The molecule has 0 aliphatic carbocycles. The maximum Gasteiger partial charge on any atom is 0.505 e. The molecule has 5 nitrogen and oxygen atoms in total. The third-order valence-corrected chi connectivity index (χ3v) is 5.51. The van der Waals surface area contributed by atoms with Gasteiger partial charge in [-0.3, -0.25) is 4.79 Å². The van der Waals surface area contributed by atoms with E-state index in [2.05, 4.69) is 4.74 Å². The zero-order valence-corrected chi connectivity index (χ0v) is 18.7. The standard InChI is InChI=1S/C24H46O5/c25-23(26)21-19-17-15-13-11-9-7-5-3-1-2-4-6-8-10-12-14-16-18-20-22-29-24(27)28/h1-22H2,(H,25,26)(H,27,28). The average Bonchev–Trinajstić information content (AvgIpc) is 2.68. The first-order chi connectivity index (χ1) is 14.1. The number of unbranched alkanes of at least 4 members (excludes halogenated alkanes) is 19. The van der Waals surface area contributed by atoms with Gasteiger partial charge in [-0.15, -0.1) is 0 Å². The van der Waals surface area contributed by atoms with Crippen LogP contribution in [0.4, 0.5) is 4.79 Å². The molecule has 0 rings (SSSR count). The second kappa shape index (κ2) is 23.0. The van der Waals surface area contributed by atoms with Gasteiger partial charge in [0.1, 0.15) is 0 Å². The number of rotatable bonds is 23. The molecule has 0 bridgehead atoms. The molecule has 0 aromatic carbocycles. The Balaban J connectivity index is 3.01. The first-order valence-corrected chi connectivity index (χ1v) is 12.2. The van der Waals surface area contributed by atoms with E-state index in [1.807, 2.05) is 0 Å². The normalized spacial score (nSPS) is 10.9. The minimum Gasteiger partial charge on any atom is -0.481 e. The Morgan fingerprint density at radius 1 is 0.448 bits per heavy atom. The molecule has 0 saturated carbocycles. The van der Waals surface area contributed by atoms with E-state index in [4.69, 9.17) is 10.2 Å². The summed E-state index contributed by atoms with van der Waals surface area (Å²) in [7, 11) is 0. The van der Waals surface area contributed by atoms with Gasteiger partial charge in [-0.25, -0.2) is 4.79 Å². The van der Waals surface area contributed by atoms with Gasteiger partial charge in [0.15, 0.2) is 0 Å². The fourth-order valence-electron chi connectivity index (χ4n) is 3.72. The second-order valence-electron chi connectivity index (χ2n) is 8.33. The van der Waals surface area contributed by atoms with Crippen molar-refractivity contribution < 1.29 is 24.5 Å². The third-order valence-electron chi connectivity index (χ3n) is 5.51. The topological polar surface area (TPSA) is 83.8 Å². The van der Waals surface area contributed by atoms with Crippen molar-refractivity contribution in [3.63, 3.8) is 0 Å². The molecular formula is C24H46O5. The monoisotopic (exact) mass is 414 g/mol. The van der Waals surface area contributed by atoms with Gasteiger partial charge in [-0.05, 0) is 12.8 Å². The first kappa shape index (κ1) is 27.7. The summed E-state index contributed by atoms with van der Waals surface area (Å²) in [5, 5.41) is 16.9. The summed E-state index contributed by atoms with van der Waals surface area (Å²) < 4.78 is 4.49. The summed E-state index contributed by atoms with van der Waals surface area (Å²) in [4.78, 5) is 20.6. The van der Waals surface area contributed by atoms with Gasteiger partial charge in [0, 0.05) is 6.42 Å². The highest BCUT2D eigenvalue weighted by Gasteiger charge is 1.98. The Hall–Kier alpha value is -1.26. The lowest BCUT2D eigenvalue weighted by Gasteiger charge is -2.04. The van der Waals surface area contributed by atoms with Crippen LogP contribution in [0, 0.1) is 0 Å². The quantitative estimate of drug-likeness (QED) is 0.131. The highest BCUT2D eigenvalue weighted by Crippen LogP contribution is 2.15. The van der Waals surface area contributed by atoms with Gasteiger partial charge in [0.2, 0.25) is 0 Å². The molecule has 0 heterocycles. The molecular weight excluding hydrogens is 368 g/mol. The number of hydrogen-bond acceptors (Lipinski definition) is 3. The van der Waals surface area contributed by atoms with Crippen LogP contribution in [0.5, 0.6) is 0 Å². The molecule has 0 fully saturated rings. The van der Waals surface area contributed by atoms with Crippen LogP contribution >= 0.6 is 0 Å². The van der Waals surface area contributed by atoms with Crippen LogP contribution < -0.4 is 0 Å². The zero-order valence-electron chi connectivity index (χ0n) is 18.7. The maximum absolute atomic E-state index is 10.4. The van der Waals surface area contributed by atoms with Crippen molar-refractivity contribution in [3.8, 4) is 0 Å². The number of ether oxygens (including phenoxy) is 1. The van der Waals surface area contributed by atoms with Gasteiger partial charge in [-0.1, -0.05) is 116 Å². The Bertz CT molecular complexity index is 336. The second-order valence-corrected chi connectivity index (χ2v) is 8.33. The van der Waals surface area contributed by atoms with Crippen LogP contribution in [0.25, 0.3) is 0 Å². The van der Waals surface area contributed by atoms with Gasteiger partial charge >= 0.3 is 12.1 Å². The lowest BCUT2D eigenvalue weighted by molar-refractivity contribution is -0.137. The predicted molar refractivity (Wildman–Crippen MR) is 119 cm³/mol. The molecule has 29 heavy (non-hydrogen) atoms. The zero-order chi connectivity index (χ0) is 21.4. The van der Waals surface area contributed by atoms with E-state index in [1.165, 1.54) is 103 Å². The molecule has 172 valence electrons. The Morgan fingerprint density at radius 3 is 1.00 bits per heavy atom. The van der Waals surface area contributed by atoms with E-state index >= 15 is 0 Å². The molecule has 0 aromatic heterocycles. The van der Waals surface area contributed by atoms with Crippen LogP contribution in [-0.4, -0.2) is 28.9 Å². The van der Waals surface area contributed by atoms with Gasteiger partial charge < -0.3 is 14.9 Å². The van der Waals surface area contributed by atoms with Crippen LogP contribution in [0.15, 0.2) is 0 Å². The van der Waals surface area contributed by atoms with Gasteiger partial charge in [0.05, 0.1) is 6.61 Å². The third kappa shape index (κ3) is 26.7. The number of carbonyl (C=O) groups is 2. The Kier molecular flexibility index (Phi) is 22.0. The lowest BCUT2D eigenvalue weighted by atomic mass is 10.0. The van der Waals surface area contributed by atoms with Crippen molar-refractivity contribution in [2.45, 2.75) is 135 Å². The molecule has 2 N–H and O–H groups in total. The first-order valence-electron chi connectivity index (χ1n) is 12.2. The van der Waals surface area contributed by atoms with Gasteiger partial charge in [0.25, 0.3) is 0 Å². The molecule has 0 atom stereocenters. The molecule has 0 aliphatic heterocycles. The fraction of sp³-hybridized carbons (Fsp3) is 0.917. The summed E-state index contributed by atoms with van der Waals surface area (Å²) in [5.74, 6) is -0.667. The number of carboxylic acids is 1. The van der Waals surface area contributed by atoms with E-state index in [-0.39, 0.29) is 0 Å². The van der Waals surface area contributed by atoms with Crippen LogP contribution in [0.2, 0.25) is 0 Å². The molecule has 0 radical (unpaired) electrons. The average molecular weight is 415 g/mol. The SMILES string of the molecule is O=C(O)CCCCCCCCCCCCCCCCCCCCCCOC(=O)O. The Labute approximate surface area is 178 Å². The fourth-order valence-corrected chi connectivity index (χ4v) is 3.72. The highest BCUT2D eigenvalue weighted by atomic mass is 16.7. The summed E-state index contributed by atoms with van der Waals surface area (Å²) >= 11 is 0. The minimum atomic E-state index is -1.16. The van der Waals surface area contributed by atoms with Crippen molar-refractivity contribution in [1.29, 1.82) is 0 Å². The van der Waals surface area contributed by atoms with E-state index < -0.39 is 12.1 Å². The smallest absolute Gasteiger partial charge is 0.481 e. The molecule has 0 aliphatic rings. The molecule has 0 amide bonds. The van der Waals surface area contributed by atoms with E-state index in [0.29, 0.717) is 13.0 Å². The minimum absolute atomic E-state index is 0.327. The molecule has 0 spiro atoms. The van der Waals surface area contributed by atoms with E-state index in [0.717, 1.165) is 25.7 Å². The van der Waals surface area contributed by atoms with Crippen molar-refractivity contribution in [1.82, 2.24) is 0 Å². The van der Waals surface area contributed by atoms with E-state index in [9.17, 15) is 9.59 Å². The highest BCUT2D eigenvalue weighted by molar-refractivity contribution is 5.66. The molecule has 0 aromatic rings. The summed E-state index contributed by atoms with van der Waals surface area (Å²) in [6.45, 7) is 0.339. The maximum atomic E-state index is 10.4. The largest absolute Gasteiger partial charge is 0.505 e. The summed E-state index contributed by atoms with van der Waals surface area (Å²) in [6, 6.07) is 0. The number of carboxylic acid groups (broad SMARTS) is 2. The van der Waals surface area contributed by atoms with Crippen molar-refractivity contribution >= 4 is 12.1 Å². The summed E-state index contributed by atoms with van der Waals surface area (Å²) in [6.07, 6.45) is 24.1. The molecule has 0 unspecified atom stereocenters. The van der Waals surface area contributed by atoms with Gasteiger partial charge in [-0.2, -0.15) is 0 Å². The van der Waals surface area contributed by atoms with E-state index in [1.54, 1.807) is 0 Å². The van der Waals surface area contributed by atoms with Crippen LogP contribution in [-0.2, 0) is 9.53 Å². The number of aliphatic carboxylic acids is 1. The molecule has 0 saturated heterocycles. The van der Waals surface area contributed by atoms with Crippen LogP contribution in [0.3, 0.4) is 0 Å². The molecule has 5 heteroatoms. The lowest BCUT2D eigenvalue weighted by Crippen LogP contribution is -2.01.